The SMILES string of the molecule is Clc1ccc(Cl)c(CCCN2CCCNCC2)c1. The molecule has 1 aliphatic heterocycles. The molecule has 0 aromatic heterocycles. The van der Waals surface area contributed by atoms with Crippen LogP contribution in [-0.4, -0.2) is 37.6 Å². The summed E-state index contributed by atoms with van der Waals surface area (Å²) in [6.07, 6.45) is 3.39. The van der Waals surface area contributed by atoms with E-state index in [1.165, 1.54) is 13.0 Å². The molecule has 1 fully saturated rings. The van der Waals surface area contributed by atoms with E-state index in [-0.39, 0.29) is 0 Å². The van der Waals surface area contributed by atoms with Crippen LogP contribution in [-0.2, 0) is 6.42 Å². The fourth-order valence-electron chi connectivity index (χ4n) is 2.35. The molecule has 0 atom stereocenters. The molecule has 0 radical (unpaired) electrons. The molecule has 100 valence electrons. The highest BCUT2D eigenvalue weighted by Gasteiger charge is 2.08. The topological polar surface area (TPSA) is 15.3 Å². The van der Waals surface area contributed by atoms with Gasteiger partial charge < -0.3 is 10.2 Å². The second-order valence-corrected chi connectivity index (χ2v) is 5.63. The minimum Gasteiger partial charge on any atom is -0.315 e. The molecule has 1 aromatic carbocycles. The van der Waals surface area contributed by atoms with Crippen LogP contribution >= 0.6 is 23.2 Å². The van der Waals surface area contributed by atoms with Crippen molar-refractivity contribution in [2.24, 2.45) is 0 Å². The molecule has 1 aliphatic rings. The second-order valence-electron chi connectivity index (χ2n) is 4.78. The third kappa shape index (κ3) is 4.43. The monoisotopic (exact) mass is 286 g/mol. The van der Waals surface area contributed by atoms with E-state index in [1.807, 2.05) is 18.2 Å². The zero-order valence-corrected chi connectivity index (χ0v) is 12.1. The lowest BCUT2D eigenvalue weighted by atomic mass is 10.1. The van der Waals surface area contributed by atoms with Gasteiger partial charge in [-0.25, -0.2) is 0 Å². The largest absolute Gasteiger partial charge is 0.315 e. The number of hydrogen-bond acceptors (Lipinski definition) is 2. The molecule has 2 rings (SSSR count). The highest BCUT2D eigenvalue weighted by Crippen LogP contribution is 2.21. The molecule has 0 aliphatic carbocycles. The molecular formula is C14H20Cl2N2. The van der Waals surface area contributed by atoms with E-state index in [0.29, 0.717) is 0 Å². The van der Waals surface area contributed by atoms with Crippen molar-refractivity contribution in [1.82, 2.24) is 10.2 Å². The van der Waals surface area contributed by atoms with Crippen molar-refractivity contribution in [3.63, 3.8) is 0 Å². The molecule has 1 saturated heterocycles. The molecule has 0 spiro atoms. The van der Waals surface area contributed by atoms with E-state index in [9.17, 15) is 0 Å². The van der Waals surface area contributed by atoms with Gasteiger partial charge in [0.05, 0.1) is 0 Å². The van der Waals surface area contributed by atoms with Gasteiger partial charge in [0.1, 0.15) is 0 Å². The first-order valence-electron chi connectivity index (χ1n) is 6.63. The summed E-state index contributed by atoms with van der Waals surface area (Å²) in [7, 11) is 0. The van der Waals surface area contributed by atoms with Crippen LogP contribution in [0.2, 0.25) is 10.0 Å². The summed E-state index contributed by atoms with van der Waals surface area (Å²) in [5.74, 6) is 0. The van der Waals surface area contributed by atoms with Gasteiger partial charge in [0.15, 0.2) is 0 Å². The Labute approximate surface area is 119 Å². The predicted molar refractivity (Wildman–Crippen MR) is 78.7 cm³/mol. The average molecular weight is 287 g/mol. The van der Waals surface area contributed by atoms with E-state index >= 15 is 0 Å². The van der Waals surface area contributed by atoms with Crippen molar-refractivity contribution in [1.29, 1.82) is 0 Å². The number of benzene rings is 1. The Bertz CT molecular complexity index is 374. The molecule has 18 heavy (non-hydrogen) atoms. The minimum absolute atomic E-state index is 0.772. The molecule has 0 unspecified atom stereocenters. The van der Waals surface area contributed by atoms with Crippen molar-refractivity contribution in [2.45, 2.75) is 19.3 Å². The molecular weight excluding hydrogens is 267 g/mol. The zero-order chi connectivity index (χ0) is 12.8. The smallest absolute Gasteiger partial charge is 0.0439 e. The van der Waals surface area contributed by atoms with Crippen molar-refractivity contribution in [3.05, 3.63) is 33.8 Å². The number of hydrogen-bond donors (Lipinski definition) is 1. The van der Waals surface area contributed by atoms with Gasteiger partial charge in [0.2, 0.25) is 0 Å². The summed E-state index contributed by atoms with van der Waals surface area (Å²) in [6, 6.07) is 5.71. The van der Waals surface area contributed by atoms with Crippen LogP contribution in [0.1, 0.15) is 18.4 Å². The van der Waals surface area contributed by atoms with Crippen LogP contribution in [0.25, 0.3) is 0 Å². The van der Waals surface area contributed by atoms with Gasteiger partial charge in [-0.3, -0.25) is 0 Å². The van der Waals surface area contributed by atoms with Crippen LogP contribution in [0.5, 0.6) is 0 Å². The van der Waals surface area contributed by atoms with E-state index < -0.39 is 0 Å². The Morgan fingerprint density at radius 1 is 1.17 bits per heavy atom. The Hall–Kier alpha value is -0.280. The number of halogens is 2. The van der Waals surface area contributed by atoms with Crippen molar-refractivity contribution < 1.29 is 0 Å². The molecule has 4 heteroatoms. The normalized spacial score (nSPS) is 17.7. The molecule has 2 nitrogen and oxygen atoms in total. The van der Waals surface area contributed by atoms with Crippen LogP contribution in [0, 0.1) is 0 Å². The molecule has 1 heterocycles. The maximum atomic E-state index is 6.16. The van der Waals surface area contributed by atoms with Crippen molar-refractivity contribution in [2.75, 3.05) is 32.7 Å². The fraction of sp³-hybridized carbons (Fsp3) is 0.571. The summed E-state index contributed by atoms with van der Waals surface area (Å²) in [5, 5.41) is 5.02. The highest BCUT2D eigenvalue weighted by atomic mass is 35.5. The zero-order valence-electron chi connectivity index (χ0n) is 10.6. The Morgan fingerprint density at radius 2 is 2.06 bits per heavy atom. The van der Waals surface area contributed by atoms with Gasteiger partial charge >= 0.3 is 0 Å². The summed E-state index contributed by atoms with van der Waals surface area (Å²) < 4.78 is 0. The fourth-order valence-corrected chi connectivity index (χ4v) is 2.76. The number of nitrogens with one attached hydrogen (secondary N) is 1. The van der Waals surface area contributed by atoms with Crippen molar-refractivity contribution >= 4 is 23.2 Å². The van der Waals surface area contributed by atoms with Gasteiger partial charge in [0.25, 0.3) is 0 Å². The first-order chi connectivity index (χ1) is 8.75. The lowest BCUT2D eigenvalue weighted by Crippen LogP contribution is -2.29. The quantitative estimate of drug-likeness (QED) is 0.914. The highest BCUT2D eigenvalue weighted by molar-refractivity contribution is 6.33. The van der Waals surface area contributed by atoms with Gasteiger partial charge in [-0.15, -0.1) is 0 Å². The minimum atomic E-state index is 0.772. The van der Waals surface area contributed by atoms with E-state index in [4.69, 9.17) is 23.2 Å². The summed E-state index contributed by atoms with van der Waals surface area (Å²) in [5.41, 5.74) is 1.16. The van der Waals surface area contributed by atoms with Gasteiger partial charge in [-0.1, -0.05) is 23.2 Å². The van der Waals surface area contributed by atoms with E-state index in [1.54, 1.807) is 0 Å². The van der Waals surface area contributed by atoms with Gasteiger partial charge in [-0.05, 0) is 62.7 Å². The standard InChI is InChI=1S/C14H20Cl2N2/c15-13-4-5-14(16)12(11-13)3-1-8-18-9-2-6-17-7-10-18/h4-5,11,17H,1-3,6-10H2. The summed E-state index contributed by atoms with van der Waals surface area (Å²) in [4.78, 5) is 2.53. The summed E-state index contributed by atoms with van der Waals surface area (Å²) >= 11 is 12.2. The first-order valence-corrected chi connectivity index (χ1v) is 7.38. The van der Waals surface area contributed by atoms with Crippen LogP contribution < -0.4 is 5.32 Å². The molecule has 0 saturated carbocycles. The molecule has 1 N–H and O–H groups in total. The van der Waals surface area contributed by atoms with Crippen LogP contribution in [0.15, 0.2) is 18.2 Å². The third-order valence-electron chi connectivity index (χ3n) is 3.36. The maximum absolute atomic E-state index is 6.16. The Kier molecular flexibility index (Phi) is 5.77. The second kappa shape index (κ2) is 7.34. The maximum Gasteiger partial charge on any atom is 0.0439 e. The Balaban J connectivity index is 1.78. The van der Waals surface area contributed by atoms with Crippen LogP contribution in [0.3, 0.4) is 0 Å². The number of rotatable bonds is 4. The lowest BCUT2D eigenvalue weighted by Gasteiger charge is -2.19. The van der Waals surface area contributed by atoms with Crippen LogP contribution in [0.4, 0.5) is 0 Å². The van der Waals surface area contributed by atoms with E-state index in [2.05, 4.69) is 10.2 Å². The Morgan fingerprint density at radius 3 is 2.94 bits per heavy atom. The molecule has 0 bridgehead atoms. The summed E-state index contributed by atoms with van der Waals surface area (Å²) in [6.45, 7) is 5.76. The molecule has 1 aromatic rings. The molecule has 0 amide bonds. The third-order valence-corrected chi connectivity index (χ3v) is 3.96. The van der Waals surface area contributed by atoms with Crippen molar-refractivity contribution in [3.8, 4) is 0 Å². The van der Waals surface area contributed by atoms with Gasteiger partial charge in [-0.2, -0.15) is 0 Å². The number of nitrogens with zero attached hydrogens (tertiary/aromatic N) is 1. The predicted octanol–water partition coefficient (Wildman–Crippen LogP) is 3.22. The van der Waals surface area contributed by atoms with E-state index in [0.717, 1.165) is 54.6 Å². The average Bonchev–Trinajstić information content (AvgIpc) is 2.62. The lowest BCUT2D eigenvalue weighted by molar-refractivity contribution is 0.289. The number of aryl methyl sites for hydroxylation is 1. The van der Waals surface area contributed by atoms with Gasteiger partial charge in [0, 0.05) is 23.1 Å². The first kappa shape index (κ1) is 14.1.